The summed E-state index contributed by atoms with van der Waals surface area (Å²) in [6.45, 7) is 1.72. The summed E-state index contributed by atoms with van der Waals surface area (Å²) in [5.41, 5.74) is 6.77. The molecule has 0 aromatic carbocycles. The van der Waals surface area contributed by atoms with Crippen LogP contribution in [0.15, 0.2) is 12.5 Å². The first-order valence-corrected chi connectivity index (χ1v) is 6.65. The van der Waals surface area contributed by atoms with Crippen LogP contribution < -0.4 is 5.73 Å². The largest absolute Gasteiger partial charge is 0.469 e. The van der Waals surface area contributed by atoms with Crippen molar-refractivity contribution in [2.75, 3.05) is 19.5 Å². The van der Waals surface area contributed by atoms with Crippen LogP contribution in [0.25, 0.3) is 11.2 Å². The van der Waals surface area contributed by atoms with Gasteiger partial charge in [-0.1, -0.05) is 0 Å². The fourth-order valence-corrected chi connectivity index (χ4v) is 1.98. The van der Waals surface area contributed by atoms with Crippen LogP contribution in [0, 0.1) is 5.92 Å². The second-order valence-corrected chi connectivity index (χ2v) is 4.69. The van der Waals surface area contributed by atoms with Gasteiger partial charge in [-0.05, 0) is 6.42 Å². The average Bonchev–Trinajstić information content (AvgIpc) is 2.88. The molecule has 0 aliphatic carbocycles. The van der Waals surface area contributed by atoms with Gasteiger partial charge >= 0.3 is 11.9 Å². The number of carbonyl (C=O) groups excluding carboxylic acids is 2. The van der Waals surface area contributed by atoms with Crippen molar-refractivity contribution in [1.82, 2.24) is 19.5 Å². The summed E-state index contributed by atoms with van der Waals surface area (Å²) in [4.78, 5) is 34.7. The van der Waals surface area contributed by atoms with Crippen LogP contribution in [-0.2, 0) is 25.6 Å². The Morgan fingerprint density at radius 1 is 1.41 bits per heavy atom. The van der Waals surface area contributed by atoms with Gasteiger partial charge in [-0.3, -0.25) is 9.59 Å². The first-order chi connectivity index (χ1) is 10.5. The molecule has 0 aliphatic heterocycles. The maximum Gasteiger partial charge on any atom is 0.312 e. The van der Waals surface area contributed by atoms with Gasteiger partial charge in [0.1, 0.15) is 12.1 Å². The van der Waals surface area contributed by atoms with Crippen molar-refractivity contribution in [1.29, 1.82) is 0 Å². The van der Waals surface area contributed by atoms with Crippen LogP contribution in [0.4, 0.5) is 5.95 Å². The van der Waals surface area contributed by atoms with E-state index in [1.165, 1.54) is 20.2 Å². The Labute approximate surface area is 126 Å². The lowest BCUT2D eigenvalue weighted by molar-refractivity contribution is -0.152. The lowest BCUT2D eigenvalue weighted by Gasteiger charge is -2.14. The number of carbonyl (C=O) groups is 2. The molecule has 0 spiro atoms. The molecule has 2 heterocycles. The van der Waals surface area contributed by atoms with Crippen molar-refractivity contribution in [3.05, 3.63) is 12.5 Å². The fourth-order valence-electron chi connectivity index (χ4n) is 1.98. The normalized spacial score (nSPS) is 12.1. The quantitative estimate of drug-likeness (QED) is 0.748. The smallest absolute Gasteiger partial charge is 0.312 e. The summed E-state index contributed by atoms with van der Waals surface area (Å²) in [7, 11) is 1.30. The van der Waals surface area contributed by atoms with E-state index in [0.29, 0.717) is 24.1 Å². The highest BCUT2D eigenvalue weighted by molar-refractivity contribution is 5.73. The number of hydrogen-bond donors (Lipinski definition) is 1. The van der Waals surface area contributed by atoms with Gasteiger partial charge in [-0.25, -0.2) is 9.97 Å². The van der Waals surface area contributed by atoms with Gasteiger partial charge in [0.2, 0.25) is 5.95 Å². The van der Waals surface area contributed by atoms with Gasteiger partial charge < -0.3 is 19.8 Å². The summed E-state index contributed by atoms with van der Waals surface area (Å²) in [5, 5.41) is 0. The summed E-state index contributed by atoms with van der Waals surface area (Å²) in [5.74, 6) is -1.27. The van der Waals surface area contributed by atoms with Gasteiger partial charge in [-0.2, -0.15) is 4.98 Å². The molecule has 2 aromatic rings. The predicted octanol–water partition coefficient (Wildman–Crippen LogP) is 0.151. The van der Waals surface area contributed by atoms with E-state index < -0.39 is 17.9 Å². The number of nitrogen functional groups attached to an aromatic ring is 1. The number of nitrogens with two attached hydrogens (primary N) is 1. The van der Waals surface area contributed by atoms with Crippen LogP contribution in [0.1, 0.15) is 13.3 Å². The standard InChI is InChI=1S/C13H17N5O4/c1-8(19)22-6-9(12(20)21-2)3-4-18-7-16-10-5-15-13(14)17-11(10)18/h5,7,9H,3-4,6H2,1-2H3,(H2,14,15,17). The van der Waals surface area contributed by atoms with Crippen LogP contribution in [0.5, 0.6) is 0 Å². The molecule has 0 aliphatic rings. The van der Waals surface area contributed by atoms with E-state index >= 15 is 0 Å². The van der Waals surface area contributed by atoms with E-state index in [0.717, 1.165) is 0 Å². The van der Waals surface area contributed by atoms with Gasteiger partial charge in [0.25, 0.3) is 0 Å². The number of imidazole rings is 1. The number of rotatable bonds is 6. The Morgan fingerprint density at radius 2 is 2.18 bits per heavy atom. The molecule has 9 nitrogen and oxygen atoms in total. The van der Waals surface area contributed by atoms with Crippen molar-refractivity contribution in [2.45, 2.75) is 19.9 Å². The molecule has 1 atom stereocenters. The summed E-state index contributed by atoms with van der Waals surface area (Å²) in [6.07, 6.45) is 3.54. The van der Waals surface area contributed by atoms with E-state index in [-0.39, 0.29) is 12.6 Å². The molecule has 2 rings (SSSR count). The molecule has 0 saturated heterocycles. The number of nitrogens with zero attached hydrogens (tertiary/aromatic N) is 4. The second kappa shape index (κ2) is 6.83. The molecule has 0 amide bonds. The predicted molar refractivity (Wildman–Crippen MR) is 76.5 cm³/mol. The van der Waals surface area contributed by atoms with Crippen molar-refractivity contribution < 1.29 is 19.1 Å². The maximum atomic E-state index is 11.7. The average molecular weight is 307 g/mol. The van der Waals surface area contributed by atoms with Crippen LogP contribution in [0.3, 0.4) is 0 Å². The van der Waals surface area contributed by atoms with Gasteiger partial charge in [0, 0.05) is 13.5 Å². The summed E-state index contributed by atoms with van der Waals surface area (Å²) in [6, 6.07) is 0. The zero-order valence-corrected chi connectivity index (χ0v) is 12.4. The highest BCUT2D eigenvalue weighted by atomic mass is 16.5. The molecule has 0 radical (unpaired) electrons. The Morgan fingerprint density at radius 3 is 2.86 bits per heavy atom. The number of ether oxygens (including phenoxy) is 2. The Bertz CT molecular complexity index is 684. The lowest BCUT2D eigenvalue weighted by atomic mass is 10.1. The molecule has 2 aromatic heterocycles. The van der Waals surface area contributed by atoms with Crippen molar-refractivity contribution >= 4 is 29.1 Å². The van der Waals surface area contributed by atoms with E-state index in [9.17, 15) is 9.59 Å². The van der Waals surface area contributed by atoms with E-state index in [1.807, 2.05) is 0 Å². The van der Waals surface area contributed by atoms with Crippen LogP contribution in [-0.4, -0.2) is 45.2 Å². The van der Waals surface area contributed by atoms with Gasteiger partial charge in [-0.15, -0.1) is 0 Å². The zero-order chi connectivity index (χ0) is 16.1. The monoisotopic (exact) mass is 307 g/mol. The lowest BCUT2D eigenvalue weighted by Crippen LogP contribution is -2.24. The first-order valence-electron chi connectivity index (χ1n) is 6.65. The van der Waals surface area contributed by atoms with Crippen molar-refractivity contribution in [2.24, 2.45) is 5.92 Å². The molecule has 118 valence electrons. The fraction of sp³-hybridized carbons (Fsp3) is 0.462. The molecule has 0 fully saturated rings. The second-order valence-electron chi connectivity index (χ2n) is 4.69. The summed E-state index contributed by atoms with van der Waals surface area (Å²) < 4.78 is 11.4. The molecule has 0 bridgehead atoms. The van der Waals surface area contributed by atoms with Crippen LogP contribution in [0.2, 0.25) is 0 Å². The van der Waals surface area contributed by atoms with Gasteiger partial charge in [0.05, 0.1) is 25.6 Å². The molecular formula is C13H17N5O4. The molecular weight excluding hydrogens is 290 g/mol. The van der Waals surface area contributed by atoms with E-state index in [2.05, 4.69) is 15.0 Å². The van der Waals surface area contributed by atoms with Gasteiger partial charge in [0.15, 0.2) is 5.65 Å². The SMILES string of the molecule is COC(=O)C(CCn1cnc2cnc(N)nc21)COC(C)=O. The third kappa shape index (κ3) is 3.68. The highest BCUT2D eigenvalue weighted by Crippen LogP contribution is 2.14. The van der Waals surface area contributed by atoms with E-state index in [4.69, 9.17) is 15.2 Å². The third-order valence-electron chi connectivity index (χ3n) is 3.12. The highest BCUT2D eigenvalue weighted by Gasteiger charge is 2.21. The number of aromatic nitrogens is 4. The molecule has 22 heavy (non-hydrogen) atoms. The number of aryl methyl sites for hydroxylation is 1. The molecule has 1 unspecified atom stereocenters. The Balaban J connectivity index is 2.08. The minimum atomic E-state index is -0.550. The molecule has 0 saturated carbocycles. The molecule has 2 N–H and O–H groups in total. The zero-order valence-electron chi connectivity index (χ0n) is 12.4. The first kappa shape index (κ1) is 15.7. The minimum Gasteiger partial charge on any atom is -0.469 e. The summed E-state index contributed by atoms with van der Waals surface area (Å²) >= 11 is 0. The number of methoxy groups -OCH3 is 1. The van der Waals surface area contributed by atoms with Crippen molar-refractivity contribution in [3.63, 3.8) is 0 Å². The number of esters is 2. The third-order valence-corrected chi connectivity index (χ3v) is 3.12. The number of anilines is 1. The van der Waals surface area contributed by atoms with E-state index in [1.54, 1.807) is 10.9 Å². The minimum absolute atomic E-state index is 0.0221. The Hall–Kier alpha value is -2.71. The van der Waals surface area contributed by atoms with Crippen molar-refractivity contribution in [3.8, 4) is 0 Å². The topological polar surface area (TPSA) is 122 Å². The Kier molecular flexibility index (Phi) is 4.87. The maximum absolute atomic E-state index is 11.7. The van der Waals surface area contributed by atoms with Crippen LogP contribution >= 0.6 is 0 Å². The number of hydrogen-bond acceptors (Lipinski definition) is 8. The molecule has 9 heteroatoms. The number of fused-ring (bicyclic) bond motifs is 1.